The fraction of sp³-hybridized carbons (Fsp3) is 0.600. The van der Waals surface area contributed by atoms with Gasteiger partial charge in [-0.05, 0) is 25.0 Å². The number of nitrogens with one attached hydrogen (secondary N) is 1. The normalized spacial score (nSPS) is 24.3. The first-order valence-electron chi connectivity index (χ1n) is 7.05. The van der Waals surface area contributed by atoms with E-state index in [1.54, 1.807) is 12.1 Å². The second-order valence-corrected chi connectivity index (χ2v) is 5.44. The zero-order valence-corrected chi connectivity index (χ0v) is 10.7. The Morgan fingerprint density at radius 3 is 2.67 bits per heavy atom. The summed E-state index contributed by atoms with van der Waals surface area (Å²) in [5.74, 6) is 1.12. The fourth-order valence-electron chi connectivity index (χ4n) is 3.07. The molecule has 1 unspecified atom stereocenters. The van der Waals surface area contributed by atoms with E-state index in [1.165, 1.54) is 44.1 Å². The van der Waals surface area contributed by atoms with Gasteiger partial charge in [0, 0.05) is 17.7 Å². The number of fused-ring (bicyclic) bond motifs is 1. The molecule has 3 nitrogen and oxygen atoms in total. The topological polar surface area (TPSA) is 41.5 Å². The minimum atomic E-state index is 0.281. The van der Waals surface area contributed by atoms with Crippen LogP contribution in [-0.4, -0.2) is 17.8 Å². The molecule has 1 fully saturated rings. The highest BCUT2D eigenvalue weighted by Gasteiger charge is 2.26. The maximum atomic E-state index is 9.44. The lowest BCUT2D eigenvalue weighted by Gasteiger charge is -2.20. The molecule has 0 saturated heterocycles. The highest BCUT2D eigenvalue weighted by Crippen LogP contribution is 2.35. The lowest BCUT2D eigenvalue weighted by atomic mass is 10.0. The highest BCUT2D eigenvalue weighted by molar-refractivity contribution is 5.44. The number of hydrogen-bond donors (Lipinski definition) is 2. The largest absolute Gasteiger partial charge is 0.508 e. The van der Waals surface area contributed by atoms with E-state index in [4.69, 9.17) is 4.74 Å². The molecule has 1 aromatic carbocycles. The van der Waals surface area contributed by atoms with Crippen LogP contribution in [0.3, 0.4) is 0 Å². The molecule has 3 rings (SSSR count). The molecule has 0 spiro atoms. The van der Waals surface area contributed by atoms with Crippen molar-refractivity contribution >= 4 is 0 Å². The molecule has 0 amide bonds. The number of aromatic hydroxyl groups is 1. The monoisotopic (exact) mass is 247 g/mol. The zero-order valence-electron chi connectivity index (χ0n) is 10.7. The van der Waals surface area contributed by atoms with Crippen LogP contribution >= 0.6 is 0 Å². The van der Waals surface area contributed by atoms with Gasteiger partial charge in [-0.15, -0.1) is 0 Å². The lowest BCUT2D eigenvalue weighted by molar-refractivity contribution is 0.289. The van der Waals surface area contributed by atoms with Crippen LogP contribution in [0.15, 0.2) is 18.2 Å². The smallest absolute Gasteiger partial charge is 0.127 e. The number of phenolic OH excluding ortho intramolecular Hbond substituents is 1. The third kappa shape index (κ3) is 2.46. The Morgan fingerprint density at radius 1 is 1.11 bits per heavy atom. The maximum Gasteiger partial charge on any atom is 0.127 e. The van der Waals surface area contributed by atoms with Gasteiger partial charge in [0.05, 0.1) is 6.04 Å². The van der Waals surface area contributed by atoms with E-state index >= 15 is 0 Å². The first-order valence-corrected chi connectivity index (χ1v) is 7.05. The van der Waals surface area contributed by atoms with Crippen LogP contribution in [0.2, 0.25) is 0 Å². The van der Waals surface area contributed by atoms with E-state index in [-0.39, 0.29) is 5.75 Å². The summed E-state index contributed by atoms with van der Waals surface area (Å²) >= 11 is 0. The molecule has 1 saturated carbocycles. The summed E-state index contributed by atoms with van der Waals surface area (Å²) in [6.45, 7) is 0.690. The van der Waals surface area contributed by atoms with Gasteiger partial charge in [-0.2, -0.15) is 0 Å². The number of hydrogen-bond acceptors (Lipinski definition) is 3. The number of benzene rings is 1. The molecule has 18 heavy (non-hydrogen) atoms. The second-order valence-electron chi connectivity index (χ2n) is 5.44. The van der Waals surface area contributed by atoms with Gasteiger partial charge in [-0.25, -0.2) is 0 Å². The van der Waals surface area contributed by atoms with Crippen LogP contribution in [0.1, 0.15) is 50.1 Å². The van der Waals surface area contributed by atoms with Crippen molar-refractivity contribution in [3.05, 3.63) is 23.8 Å². The predicted molar refractivity (Wildman–Crippen MR) is 71.0 cm³/mol. The van der Waals surface area contributed by atoms with Crippen LogP contribution in [0.25, 0.3) is 0 Å². The van der Waals surface area contributed by atoms with Gasteiger partial charge in [0.1, 0.15) is 18.1 Å². The summed E-state index contributed by atoms with van der Waals surface area (Å²) in [5.41, 5.74) is 1.19. The van der Waals surface area contributed by atoms with E-state index in [2.05, 4.69) is 5.32 Å². The molecule has 1 heterocycles. The average Bonchev–Trinajstić information content (AvgIpc) is 2.59. The Balaban J connectivity index is 1.68. The molecule has 3 heteroatoms. The number of ether oxygens (including phenoxy) is 1. The van der Waals surface area contributed by atoms with E-state index in [9.17, 15) is 5.11 Å². The Hall–Kier alpha value is -1.22. The van der Waals surface area contributed by atoms with Crippen molar-refractivity contribution in [3.63, 3.8) is 0 Å². The zero-order chi connectivity index (χ0) is 12.4. The van der Waals surface area contributed by atoms with Crippen molar-refractivity contribution in [2.24, 2.45) is 0 Å². The molecule has 2 N–H and O–H groups in total. The van der Waals surface area contributed by atoms with Gasteiger partial charge in [0.2, 0.25) is 0 Å². The SMILES string of the molecule is Oc1ccc2c(c1)OCC2NC1CCCCCC1. The van der Waals surface area contributed by atoms with Crippen LogP contribution in [-0.2, 0) is 0 Å². The molecule has 1 aromatic rings. The van der Waals surface area contributed by atoms with Gasteiger partial charge >= 0.3 is 0 Å². The molecule has 1 aliphatic heterocycles. The Labute approximate surface area is 108 Å². The van der Waals surface area contributed by atoms with Crippen molar-refractivity contribution in [2.75, 3.05) is 6.61 Å². The van der Waals surface area contributed by atoms with E-state index < -0.39 is 0 Å². The number of phenols is 1. The third-order valence-electron chi connectivity index (χ3n) is 4.07. The van der Waals surface area contributed by atoms with Crippen molar-refractivity contribution in [1.82, 2.24) is 5.32 Å². The molecule has 0 bridgehead atoms. The van der Waals surface area contributed by atoms with E-state index in [0.717, 1.165) is 5.75 Å². The minimum absolute atomic E-state index is 0.281. The molecule has 1 aliphatic carbocycles. The molecular formula is C15H21NO2. The van der Waals surface area contributed by atoms with Crippen molar-refractivity contribution in [2.45, 2.75) is 50.6 Å². The summed E-state index contributed by atoms with van der Waals surface area (Å²) in [4.78, 5) is 0. The van der Waals surface area contributed by atoms with Crippen LogP contribution < -0.4 is 10.1 Å². The van der Waals surface area contributed by atoms with E-state index in [0.29, 0.717) is 18.7 Å². The predicted octanol–water partition coefficient (Wildman–Crippen LogP) is 3.14. The Kier molecular flexibility index (Phi) is 3.41. The lowest BCUT2D eigenvalue weighted by Crippen LogP contribution is -2.33. The van der Waals surface area contributed by atoms with Gasteiger partial charge < -0.3 is 15.2 Å². The van der Waals surface area contributed by atoms with E-state index in [1.807, 2.05) is 6.07 Å². The average molecular weight is 247 g/mol. The summed E-state index contributed by atoms with van der Waals surface area (Å²) < 4.78 is 5.64. The number of rotatable bonds is 2. The minimum Gasteiger partial charge on any atom is -0.508 e. The summed E-state index contributed by atoms with van der Waals surface area (Å²) in [7, 11) is 0. The molecule has 2 aliphatic rings. The van der Waals surface area contributed by atoms with Gasteiger partial charge in [-0.1, -0.05) is 25.7 Å². The summed E-state index contributed by atoms with van der Waals surface area (Å²) in [5, 5.41) is 13.2. The fourth-order valence-corrected chi connectivity index (χ4v) is 3.07. The maximum absolute atomic E-state index is 9.44. The summed E-state index contributed by atoms with van der Waals surface area (Å²) in [6.07, 6.45) is 8.00. The van der Waals surface area contributed by atoms with Crippen LogP contribution in [0.4, 0.5) is 0 Å². The first kappa shape index (κ1) is 11.8. The van der Waals surface area contributed by atoms with Crippen LogP contribution in [0.5, 0.6) is 11.5 Å². The third-order valence-corrected chi connectivity index (χ3v) is 4.07. The molecular weight excluding hydrogens is 226 g/mol. The molecule has 98 valence electrons. The Morgan fingerprint density at radius 2 is 1.89 bits per heavy atom. The molecule has 0 radical (unpaired) electrons. The standard InChI is InChI=1S/C15H21NO2/c17-12-7-8-13-14(10-18-15(13)9-12)16-11-5-3-1-2-4-6-11/h7-9,11,14,16-17H,1-6,10H2. The Bertz CT molecular complexity index is 411. The second kappa shape index (κ2) is 5.19. The van der Waals surface area contributed by atoms with Gasteiger partial charge in [0.25, 0.3) is 0 Å². The molecule has 1 atom stereocenters. The van der Waals surface area contributed by atoms with Crippen molar-refractivity contribution in [1.29, 1.82) is 0 Å². The van der Waals surface area contributed by atoms with Crippen molar-refractivity contribution in [3.8, 4) is 11.5 Å². The van der Waals surface area contributed by atoms with Gasteiger partial charge in [-0.3, -0.25) is 0 Å². The summed E-state index contributed by atoms with van der Waals surface area (Å²) in [6, 6.07) is 6.36. The quantitative estimate of drug-likeness (QED) is 0.789. The van der Waals surface area contributed by atoms with Crippen molar-refractivity contribution < 1.29 is 9.84 Å². The highest BCUT2D eigenvalue weighted by atomic mass is 16.5. The van der Waals surface area contributed by atoms with Crippen LogP contribution in [0, 0.1) is 0 Å². The van der Waals surface area contributed by atoms with Gasteiger partial charge in [0.15, 0.2) is 0 Å². The molecule has 0 aromatic heterocycles. The first-order chi connectivity index (χ1) is 8.83.